The van der Waals surface area contributed by atoms with Crippen LogP contribution in [0.25, 0.3) is 10.8 Å². The van der Waals surface area contributed by atoms with Crippen molar-refractivity contribution in [3.05, 3.63) is 83.4 Å². The van der Waals surface area contributed by atoms with Crippen LogP contribution >= 0.6 is 0 Å². The Morgan fingerprint density at radius 3 is 2.33 bits per heavy atom. The minimum atomic E-state index is -0.238. The van der Waals surface area contributed by atoms with Gasteiger partial charge in [0.2, 0.25) is 0 Å². The summed E-state index contributed by atoms with van der Waals surface area (Å²) in [7, 11) is 0. The van der Waals surface area contributed by atoms with E-state index in [1.165, 1.54) is 27.5 Å². The van der Waals surface area contributed by atoms with Gasteiger partial charge in [0.25, 0.3) is 0 Å². The van der Waals surface area contributed by atoms with Crippen molar-refractivity contribution in [1.82, 2.24) is 0 Å². The van der Waals surface area contributed by atoms with Gasteiger partial charge in [0.15, 0.2) is 0 Å². The molecule has 21 heavy (non-hydrogen) atoms. The molecule has 1 aliphatic rings. The Bertz CT molecular complexity index is 806. The zero-order valence-corrected chi connectivity index (χ0v) is 12.0. The van der Waals surface area contributed by atoms with Crippen LogP contribution in [0.3, 0.4) is 0 Å². The summed E-state index contributed by atoms with van der Waals surface area (Å²) in [6.45, 7) is 0. The van der Waals surface area contributed by atoms with Crippen LogP contribution in [0.5, 0.6) is 0 Å². The van der Waals surface area contributed by atoms with E-state index in [1.807, 2.05) is 0 Å². The van der Waals surface area contributed by atoms with E-state index in [0.29, 0.717) is 0 Å². The molecule has 4 rings (SSSR count). The first-order valence-corrected chi connectivity index (χ1v) is 7.60. The molecule has 0 aliphatic heterocycles. The first kappa shape index (κ1) is 12.6. The third-order valence-corrected chi connectivity index (χ3v) is 4.79. The van der Waals surface area contributed by atoms with Crippen molar-refractivity contribution in [2.45, 2.75) is 24.8 Å². The smallest absolute Gasteiger partial charge is 0.0453 e. The molecule has 1 nitrogen and oxygen atoms in total. The summed E-state index contributed by atoms with van der Waals surface area (Å²) in [5.74, 6) is 0. The number of fused-ring (bicyclic) bond motifs is 2. The standard InChI is InChI=1S/C20H19N/c21-20(12-11-16-6-2-4-8-18(16)14-20)19-10-9-15-5-1-3-7-17(15)13-19/h1-10,13H,11-12,14,21H2. The monoisotopic (exact) mass is 273 g/mol. The number of benzene rings is 3. The van der Waals surface area contributed by atoms with Gasteiger partial charge in [-0.15, -0.1) is 0 Å². The highest BCUT2D eigenvalue weighted by molar-refractivity contribution is 5.83. The Labute approximate surface area is 125 Å². The van der Waals surface area contributed by atoms with Crippen LogP contribution in [-0.2, 0) is 18.4 Å². The van der Waals surface area contributed by atoms with Crippen LogP contribution in [0.2, 0.25) is 0 Å². The lowest BCUT2D eigenvalue weighted by molar-refractivity contribution is 0.385. The van der Waals surface area contributed by atoms with E-state index in [4.69, 9.17) is 5.73 Å². The molecule has 0 heterocycles. The molecule has 1 heteroatoms. The molecule has 1 aliphatic carbocycles. The lowest BCUT2D eigenvalue weighted by Crippen LogP contribution is -2.42. The summed E-state index contributed by atoms with van der Waals surface area (Å²) in [5.41, 5.74) is 10.7. The summed E-state index contributed by atoms with van der Waals surface area (Å²) >= 11 is 0. The van der Waals surface area contributed by atoms with Gasteiger partial charge in [-0.25, -0.2) is 0 Å². The molecule has 0 bridgehead atoms. The number of aryl methyl sites for hydroxylation is 1. The fraction of sp³-hybridized carbons (Fsp3) is 0.200. The van der Waals surface area contributed by atoms with Gasteiger partial charge >= 0.3 is 0 Å². The normalized spacial score (nSPS) is 21.2. The minimum Gasteiger partial charge on any atom is -0.321 e. The average Bonchev–Trinajstić information content (AvgIpc) is 2.54. The van der Waals surface area contributed by atoms with Crippen LogP contribution < -0.4 is 5.73 Å². The SMILES string of the molecule is NC1(c2ccc3ccccc3c2)CCc2ccccc2C1. The van der Waals surface area contributed by atoms with Crippen molar-refractivity contribution in [2.75, 3.05) is 0 Å². The third-order valence-electron chi connectivity index (χ3n) is 4.79. The molecule has 0 amide bonds. The lowest BCUT2D eigenvalue weighted by Gasteiger charge is -2.35. The molecule has 0 fully saturated rings. The molecule has 0 spiro atoms. The Morgan fingerprint density at radius 1 is 0.762 bits per heavy atom. The lowest BCUT2D eigenvalue weighted by atomic mass is 9.74. The Kier molecular flexibility index (Phi) is 2.83. The fourth-order valence-corrected chi connectivity index (χ4v) is 3.51. The van der Waals surface area contributed by atoms with Crippen molar-refractivity contribution in [2.24, 2.45) is 5.73 Å². The molecule has 2 N–H and O–H groups in total. The van der Waals surface area contributed by atoms with E-state index in [0.717, 1.165) is 19.3 Å². The second-order valence-corrected chi connectivity index (χ2v) is 6.16. The van der Waals surface area contributed by atoms with E-state index in [-0.39, 0.29) is 5.54 Å². The molecule has 1 atom stereocenters. The quantitative estimate of drug-likeness (QED) is 0.707. The maximum atomic E-state index is 6.79. The second kappa shape index (κ2) is 4.71. The van der Waals surface area contributed by atoms with Crippen LogP contribution in [0.1, 0.15) is 23.1 Å². The maximum absolute atomic E-state index is 6.79. The van der Waals surface area contributed by atoms with Crippen LogP contribution in [0, 0.1) is 0 Å². The largest absolute Gasteiger partial charge is 0.321 e. The molecule has 0 saturated carbocycles. The Hall–Kier alpha value is -2.12. The maximum Gasteiger partial charge on any atom is 0.0453 e. The molecular weight excluding hydrogens is 254 g/mol. The summed E-state index contributed by atoms with van der Waals surface area (Å²) in [6.07, 6.45) is 3.02. The van der Waals surface area contributed by atoms with E-state index < -0.39 is 0 Å². The molecule has 3 aromatic carbocycles. The molecule has 3 aromatic rings. The van der Waals surface area contributed by atoms with Gasteiger partial charge in [-0.3, -0.25) is 0 Å². The zero-order valence-electron chi connectivity index (χ0n) is 12.0. The summed E-state index contributed by atoms with van der Waals surface area (Å²) in [5, 5.41) is 2.56. The van der Waals surface area contributed by atoms with Crippen molar-refractivity contribution >= 4 is 10.8 Å². The van der Waals surface area contributed by atoms with Crippen molar-refractivity contribution < 1.29 is 0 Å². The first-order chi connectivity index (χ1) is 10.2. The Morgan fingerprint density at radius 2 is 1.48 bits per heavy atom. The number of hydrogen-bond donors (Lipinski definition) is 1. The van der Waals surface area contributed by atoms with Gasteiger partial charge in [-0.1, -0.05) is 60.7 Å². The molecule has 1 unspecified atom stereocenters. The van der Waals surface area contributed by atoms with Crippen molar-refractivity contribution in [1.29, 1.82) is 0 Å². The molecule has 0 radical (unpaired) electrons. The summed E-state index contributed by atoms with van der Waals surface area (Å²) < 4.78 is 0. The van der Waals surface area contributed by atoms with Gasteiger partial charge in [-0.2, -0.15) is 0 Å². The number of rotatable bonds is 1. The van der Waals surface area contributed by atoms with Gasteiger partial charge in [0.05, 0.1) is 0 Å². The number of nitrogens with two attached hydrogens (primary N) is 1. The summed E-state index contributed by atoms with van der Waals surface area (Å²) in [6, 6.07) is 23.8. The molecule has 104 valence electrons. The minimum absolute atomic E-state index is 0.238. The van der Waals surface area contributed by atoms with Gasteiger partial charge in [-0.05, 0) is 52.8 Å². The fourth-order valence-electron chi connectivity index (χ4n) is 3.51. The van der Waals surface area contributed by atoms with E-state index in [2.05, 4.69) is 66.7 Å². The van der Waals surface area contributed by atoms with Crippen LogP contribution in [-0.4, -0.2) is 0 Å². The van der Waals surface area contributed by atoms with Crippen molar-refractivity contribution in [3.8, 4) is 0 Å². The average molecular weight is 273 g/mol. The predicted octanol–water partition coefficient (Wildman–Crippen LogP) is 4.18. The number of hydrogen-bond acceptors (Lipinski definition) is 1. The van der Waals surface area contributed by atoms with E-state index in [9.17, 15) is 0 Å². The van der Waals surface area contributed by atoms with Gasteiger partial charge in [0, 0.05) is 5.54 Å². The second-order valence-electron chi connectivity index (χ2n) is 6.16. The highest BCUT2D eigenvalue weighted by atomic mass is 14.7. The zero-order chi connectivity index (χ0) is 14.3. The third kappa shape index (κ3) is 2.14. The first-order valence-electron chi connectivity index (χ1n) is 7.60. The van der Waals surface area contributed by atoms with Gasteiger partial charge in [0.1, 0.15) is 0 Å². The molecule has 0 aromatic heterocycles. The summed E-state index contributed by atoms with van der Waals surface area (Å²) in [4.78, 5) is 0. The van der Waals surface area contributed by atoms with Crippen LogP contribution in [0.4, 0.5) is 0 Å². The highest BCUT2D eigenvalue weighted by Gasteiger charge is 2.32. The highest BCUT2D eigenvalue weighted by Crippen LogP contribution is 2.35. The van der Waals surface area contributed by atoms with Gasteiger partial charge < -0.3 is 5.73 Å². The molecular formula is C20H19N. The van der Waals surface area contributed by atoms with Crippen LogP contribution in [0.15, 0.2) is 66.7 Å². The topological polar surface area (TPSA) is 26.0 Å². The van der Waals surface area contributed by atoms with E-state index >= 15 is 0 Å². The van der Waals surface area contributed by atoms with Crippen molar-refractivity contribution in [3.63, 3.8) is 0 Å². The Balaban J connectivity index is 1.77. The van der Waals surface area contributed by atoms with E-state index in [1.54, 1.807) is 0 Å². The predicted molar refractivity (Wildman–Crippen MR) is 88.3 cm³/mol. The molecule has 0 saturated heterocycles.